The Morgan fingerprint density at radius 1 is 1.39 bits per heavy atom. The van der Waals surface area contributed by atoms with Crippen LogP contribution >= 0.6 is 10.9 Å². The molecule has 1 fully saturated rings. The number of carbonyl (C=O) groups excluding carboxylic acids is 1. The standard InChI is InChI=1S/C11H14O6S/c1-8-2-4-9(5-3-8)16-11(12)17-10-6-15-18(13,14)7-10/h2-5,10,13-14H,6-7H2,1H3. The Kier molecular flexibility index (Phi) is 3.76. The normalized spacial score (nSPS) is 23.4. The molecule has 18 heavy (non-hydrogen) atoms. The van der Waals surface area contributed by atoms with Crippen molar-refractivity contribution in [1.29, 1.82) is 0 Å². The lowest BCUT2D eigenvalue weighted by molar-refractivity contribution is 0.0569. The summed E-state index contributed by atoms with van der Waals surface area (Å²) in [4.78, 5) is 11.4. The number of aryl methyl sites for hydroxylation is 1. The van der Waals surface area contributed by atoms with E-state index in [1.165, 1.54) is 0 Å². The molecule has 1 aromatic rings. The van der Waals surface area contributed by atoms with Crippen LogP contribution in [0.3, 0.4) is 0 Å². The van der Waals surface area contributed by atoms with Gasteiger partial charge in [-0.05, 0) is 19.1 Å². The second kappa shape index (κ2) is 5.15. The molecule has 0 aliphatic carbocycles. The Balaban J connectivity index is 1.84. The SMILES string of the molecule is Cc1ccc(OC(=O)OC2COS(O)(O)C2)cc1. The van der Waals surface area contributed by atoms with Gasteiger partial charge in [-0.15, -0.1) is 0 Å². The molecule has 0 spiro atoms. The highest BCUT2D eigenvalue weighted by Gasteiger charge is 2.35. The zero-order chi connectivity index (χ0) is 13.2. The lowest BCUT2D eigenvalue weighted by Gasteiger charge is -2.17. The van der Waals surface area contributed by atoms with E-state index >= 15 is 0 Å². The predicted molar refractivity (Wildman–Crippen MR) is 65.7 cm³/mol. The molecule has 7 heteroatoms. The molecule has 0 saturated carbocycles. The van der Waals surface area contributed by atoms with E-state index in [1.807, 2.05) is 6.92 Å². The van der Waals surface area contributed by atoms with E-state index in [4.69, 9.17) is 9.47 Å². The quantitative estimate of drug-likeness (QED) is 0.637. The summed E-state index contributed by atoms with van der Waals surface area (Å²) < 4.78 is 32.9. The first kappa shape index (κ1) is 13.2. The Hall–Kier alpha value is -1.28. The molecule has 2 N–H and O–H groups in total. The second-order valence-electron chi connectivity index (χ2n) is 3.96. The fourth-order valence-electron chi connectivity index (χ4n) is 1.45. The average molecular weight is 274 g/mol. The zero-order valence-corrected chi connectivity index (χ0v) is 10.6. The van der Waals surface area contributed by atoms with Crippen LogP contribution in [0.25, 0.3) is 0 Å². The van der Waals surface area contributed by atoms with Crippen molar-refractivity contribution in [1.82, 2.24) is 0 Å². The summed E-state index contributed by atoms with van der Waals surface area (Å²) in [5, 5.41) is 0. The monoisotopic (exact) mass is 274 g/mol. The molecule has 1 aliphatic rings. The van der Waals surface area contributed by atoms with E-state index in [-0.39, 0.29) is 12.4 Å². The molecule has 0 radical (unpaired) electrons. The van der Waals surface area contributed by atoms with Crippen LogP contribution in [-0.2, 0) is 8.92 Å². The first-order valence-electron chi connectivity index (χ1n) is 5.30. The maximum atomic E-state index is 11.4. The minimum Gasteiger partial charge on any atom is -0.427 e. The Labute approximate surface area is 106 Å². The molecule has 0 amide bonds. The number of carbonyl (C=O) groups is 1. The van der Waals surface area contributed by atoms with Gasteiger partial charge in [0, 0.05) is 0 Å². The maximum Gasteiger partial charge on any atom is 0.514 e. The molecular formula is C11H14O6S. The van der Waals surface area contributed by atoms with Gasteiger partial charge in [0.25, 0.3) is 0 Å². The smallest absolute Gasteiger partial charge is 0.427 e. The van der Waals surface area contributed by atoms with E-state index in [9.17, 15) is 13.9 Å². The third kappa shape index (κ3) is 3.61. The molecule has 100 valence electrons. The summed E-state index contributed by atoms with van der Waals surface area (Å²) >= 11 is 0. The van der Waals surface area contributed by atoms with Crippen LogP contribution in [0.2, 0.25) is 0 Å². The van der Waals surface area contributed by atoms with Crippen LogP contribution in [-0.4, -0.2) is 33.7 Å². The molecular weight excluding hydrogens is 260 g/mol. The minimum absolute atomic E-state index is 0.0364. The van der Waals surface area contributed by atoms with E-state index in [2.05, 4.69) is 4.18 Å². The molecule has 1 aliphatic heterocycles. The van der Waals surface area contributed by atoms with E-state index in [1.54, 1.807) is 24.3 Å². The highest BCUT2D eigenvalue weighted by molar-refractivity contribution is 8.20. The van der Waals surface area contributed by atoms with Crippen LogP contribution in [0, 0.1) is 6.92 Å². The van der Waals surface area contributed by atoms with Crippen molar-refractivity contribution in [2.45, 2.75) is 13.0 Å². The molecule has 1 saturated heterocycles. The number of hydrogen-bond acceptors (Lipinski definition) is 6. The van der Waals surface area contributed by atoms with Crippen LogP contribution in [0.4, 0.5) is 4.79 Å². The zero-order valence-electron chi connectivity index (χ0n) is 9.74. The number of hydrogen-bond donors (Lipinski definition) is 2. The maximum absolute atomic E-state index is 11.4. The molecule has 1 heterocycles. The summed E-state index contributed by atoms with van der Waals surface area (Å²) in [7, 11) is -3.05. The summed E-state index contributed by atoms with van der Waals surface area (Å²) in [5.74, 6) is 0.256. The Morgan fingerprint density at radius 3 is 2.61 bits per heavy atom. The lowest BCUT2D eigenvalue weighted by Crippen LogP contribution is -2.23. The van der Waals surface area contributed by atoms with Crippen LogP contribution in [0.1, 0.15) is 5.56 Å². The number of benzene rings is 1. The van der Waals surface area contributed by atoms with Crippen molar-refractivity contribution in [2.24, 2.45) is 0 Å². The summed E-state index contributed by atoms with van der Waals surface area (Å²) in [5.41, 5.74) is 1.05. The highest BCUT2D eigenvalue weighted by Crippen LogP contribution is 2.45. The third-order valence-corrected chi connectivity index (χ3v) is 3.65. The van der Waals surface area contributed by atoms with Gasteiger partial charge in [-0.3, -0.25) is 4.18 Å². The summed E-state index contributed by atoms with van der Waals surface area (Å²) in [6.45, 7) is 1.88. The van der Waals surface area contributed by atoms with Gasteiger partial charge in [-0.1, -0.05) is 17.7 Å². The largest absolute Gasteiger partial charge is 0.514 e. The van der Waals surface area contributed by atoms with Crippen molar-refractivity contribution in [2.75, 3.05) is 12.4 Å². The van der Waals surface area contributed by atoms with Gasteiger partial charge in [0.15, 0.2) is 0 Å². The van der Waals surface area contributed by atoms with E-state index in [0.717, 1.165) is 5.56 Å². The molecule has 1 unspecified atom stereocenters. The van der Waals surface area contributed by atoms with Gasteiger partial charge in [0.05, 0.1) is 16.6 Å². The fourth-order valence-corrected chi connectivity index (χ4v) is 2.57. The lowest BCUT2D eigenvalue weighted by atomic mass is 10.2. The van der Waals surface area contributed by atoms with Crippen LogP contribution in [0.15, 0.2) is 24.3 Å². The van der Waals surface area contributed by atoms with Gasteiger partial charge in [0.2, 0.25) is 0 Å². The highest BCUT2D eigenvalue weighted by atomic mass is 32.3. The third-order valence-electron chi connectivity index (χ3n) is 2.33. The topological polar surface area (TPSA) is 85.2 Å². The average Bonchev–Trinajstić information content (AvgIpc) is 2.61. The molecule has 1 aromatic carbocycles. The van der Waals surface area contributed by atoms with Crippen LogP contribution in [0.5, 0.6) is 5.75 Å². The molecule has 2 rings (SSSR count). The second-order valence-corrected chi connectivity index (χ2v) is 5.75. The van der Waals surface area contributed by atoms with Crippen molar-refractivity contribution in [3.8, 4) is 5.75 Å². The van der Waals surface area contributed by atoms with Gasteiger partial charge in [-0.2, -0.15) is 0 Å². The van der Waals surface area contributed by atoms with Crippen LogP contribution < -0.4 is 4.74 Å². The van der Waals surface area contributed by atoms with Gasteiger partial charge < -0.3 is 18.6 Å². The van der Waals surface area contributed by atoms with Gasteiger partial charge in [0.1, 0.15) is 18.5 Å². The molecule has 0 aromatic heterocycles. The van der Waals surface area contributed by atoms with Crippen molar-refractivity contribution in [3.05, 3.63) is 29.8 Å². The number of ether oxygens (including phenoxy) is 2. The predicted octanol–water partition coefficient (Wildman–Crippen LogP) is 2.57. The first-order valence-corrected chi connectivity index (χ1v) is 6.94. The van der Waals surface area contributed by atoms with Gasteiger partial charge in [-0.25, -0.2) is 4.79 Å². The summed E-state index contributed by atoms with van der Waals surface area (Å²) in [6.07, 6.45) is -1.57. The van der Waals surface area contributed by atoms with Gasteiger partial charge >= 0.3 is 6.16 Å². The number of rotatable bonds is 2. The molecule has 1 atom stereocenters. The molecule has 0 bridgehead atoms. The fraction of sp³-hybridized carbons (Fsp3) is 0.364. The van der Waals surface area contributed by atoms with E-state index < -0.39 is 23.1 Å². The Bertz CT molecular complexity index is 430. The minimum atomic E-state index is -3.05. The first-order chi connectivity index (χ1) is 8.44. The summed E-state index contributed by atoms with van der Waals surface area (Å²) in [6, 6.07) is 6.90. The van der Waals surface area contributed by atoms with Crippen molar-refractivity contribution >= 4 is 17.0 Å². The van der Waals surface area contributed by atoms with E-state index in [0.29, 0.717) is 5.75 Å². The van der Waals surface area contributed by atoms with Crippen molar-refractivity contribution in [3.63, 3.8) is 0 Å². The Morgan fingerprint density at radius 2 is 2.06 bits per heavy atom. The van der Waals surface area contributed by atoms with Crippen molar-refractivity contribution < 1.29 is 27.6 Å². The molecule has 6 nitrogen and oxygen atoms in total.